The fourth-order valence-corrected chi connectivity index (χ4v) is 1.17. The molecule has 6 N–H and O–H groups in total. The maximum Gasteiger partial charge on any atom is 0.267 e. The topological polar surface area (TPSA) is 123 Å². The molecule has 0 radical (unpaired) electrons. The number of rotatable bonds is 5. The Kier molecular flexibility index (Phi) is 4.27. The third-order valence-corrected chi connectivity index (χ3v) is 1.97. The van der Waals surface area contributed by atoms with E-state index < -0.39 is 5.91 Å². The molecule has 1 rings (SSSR count). The highest BCUT2D eigenvalue weighted by Gasteiger charge is 2.06. The largest absolute Gasteiger partial charge is 0.396 e. The van der Waals surface area contributed by atoms with Gasteiger partial charge in [-0.25, -0.2) is 4.98 Å². The Morgan fingerprint density at radius 1 is 1.35 bits per heavy atom. The minimum absolute atomic E-state index is 0.112. The molecule has 0 fully saturated rings. The predicted molar refractivity (Wildman–Crippen MR) is 64.3 cm³/mol. The van der Waals surface area contributed by atoms with Crippen molar-refractivity contribution in [2.75, 3.05) is 24.1 Å². The molecule has 0 aliphatic carbocycles. The molecule has 0 unspecified atom stereocenters. The van der Waals surface area contributed by atoms with Crippen molar-refractivity contribution in [3.63, 3.8) is 0 Å². The molecule has 0 saturated carbocycles. The number of anilines is 2. The summed E-state index contributed by atoms with van der Waals surface area (Å²) in [4.78, 5) is 25.5. The molecule has 0 saturated heterocycles. The van der Waals surface area contributed by atoms with Crippen molar-refractivity contribution in [3.05, 3.63) is 17.8 Å². The first kappa shape index (κ1) is 12.8. The van der Waals surface area contributed by atoms with Crippen LogP contribution in [0.3, 0.4) is 0 Å². The SMILES string of the molecule is CC(=O)NCCNc1nc(C(N)=O)ccc1N. The fourth-order valence-electron chi connectivity index (χ4n) is 1.17. The van der Waals surface area contributed by atoms with Crippen LogP contribution in [0.1, 0.15) is 17.4 Å². The van der Waals surface area contributed by atoms with E-state index in [-0.39, 0.29) is 11.6 Å². The molecule has 1 aromatic heterocycles. The first-order valence-corrected chi connectivity index (χ1v) is 5.05. The van der Waals surface area contributed by atoms with Crippen LogP contribution in [0.2, 0.25) is 0 Å². The van der Waals surface area contributed by atoms with Crippen molar-refractivity contribution < 1.29 is 9.59 Å². The van der Waals surface area contributed by atoms with Gasteiger partial charge in [0.2, 0.25) is 5.91 Å². The van der Waals surface area contributed by atoms with E-state index in [1.54, 1.807) is 6.07 Å². The van der Waals surface area contributed by atoms with Crippen LogP contribution in [0.4, 0.5) is 11.5 Å². The van der Waals surface area contributed by atoms with Crippen molar-refractivity contribution in [3.8, 4) is 0 Å². The number of carbonyl (C=O) groups is 2. The van der Waals surface area contributed by atoms with Crippen LogP contribution < -0.4 is 22.1 Å². The van der Waals surface area contributed by atoms with Crippen molar-refractivity contribution in [1.82, 2.24) is 10.3 Å². The van der Waals surface area contributed by atoms with Gasteiger partial charge >= 0.3 is 0 Å². The van der Waals surface area contributed by atoms with Crippen molar-refractivity contribution in [2.45, 2.75) is 6.92 Å². The molecular formula is C10H15N5O2. The highest BCUT2D eigenvalue weighted by molar-refractivity contribution is 5.91. The van der Waals surface area contributed by atoms with Gasteiger partial charge in [-0.3, -0.25) is 9.59 Å². The van der Waals surface area contributed by atoms with Crippen LogP contribution in [-0.2, 0) is 4.79 Å². The summed E-state index contributed by atoms with van der Waals surface area (Å²) in [7, 11) is 0. The maximum absolute atomic E-state index is 10.9. The Balaban J connectivity index is 2.60. The second-order valence-corrected chi connectivity index (χ2v) is 3.41. The Morgan fingerprint density at radius 3 is 2.65 bits per heavy atom. The average molecular weight is 237 g/mol. The summed E-state index contributed by atoms with van der Waals surface area (Å²) < 4.78 is 0. The second-order valence-electron chi connectivity index (χ2n) is 3.41. The third-order valence-electron chi connectivity index (χ3n) is 1.97. The van der Waals surface area contributed by atoms with E-state index in [4.69, 9.17) is 11.5 Å². The minimum Gasteiger partial charge on any atom is -0.396 e. The minimum atomic E-state index is -0.616. The van der Waals surface area contributed by atoms with Crippen LogP contribution in [-0.4, -0.2) is 29.9 Å². The molecule has 0 aliphatic rings. The molecule has 92 valence electrons. The van der Waals surface area contributed by atoms with Gasteiger partial charge in [-0.05, 0) is 12.1 Å². The zero-order chi connectivity index (χ0) is 12.8. The molecule has 1 aromatic rings. The predicted octanol–water partition coefficient (Wildman–Crippen LogP) is -0.689. The number of hydrogen-bond acceptors (Lipinski definition) is 5. The highest BCUT2D eigenvalue weighted by Crippen LogP contribution is 2.14. The summed E-state index contributed by atoms with van der Waals surface area (Å²) >= 11 is 0. The lowest BCUT2D eigenvalue weighted by Gasteiger charge is -2.09. The van der Waals surface area contributed by atoms with Gasteiger partial charge in [-0.1, -0.05) is 0 Å². The fraction of sp³-hybridized carbons (Fsp3) is 0.300. The van der Waals surface area contributed by atoms with E-state index in [9.17, 15) is 9.59 Å². The second kappa shape index (κ2) is 5.69. The molecule has 1 heterocycles. The molecule has 0 bridgehead atoms. The highest BCUT2D eigenvalue weighted by atomic mass is 16.1. The zero-order valence-corrected chi connectivity index (χ0v) is 9.49. The van der Waals surface area contributed by atoms with E-state index in [0.29, 0.717) is 24.6 Å². The van der Waals surface area contributed by atoms with Crippen LogP contribution >= 0.6 is 0 Å². The number of nitrogens with one attached hydrogen (secondary N) is 2. The summed E-state index contributed by atoms with van der Waals surface area (Å²) in [6, 6.07) is 3.00. The number of nitrogen functional groups attached to an aromatic ring is 1. The van der Waals surface area contributed by atoms with Crippen LogP contribution in [0.15, 0.2) is 12.1 Å². The molecule has 17 heavy (non-hydrogen) atoms. The van der Waals surface area contributed by atoms with E-state index in [0.717, 1.165) is 0 Å². The smallest absolute Gasteiger partial charge is 0.267 e. The first-order chi connectivity index (χ1) is 8.00. The van der Waals surface area contributed by atoms with Crippen LogP contribution in [0.5, 0.6) is 0 Å². The number of nitrogens with zero attached hydrogens (tertiary/aromatic N) is 1. The Morgan fingerprint density at radius 2 is 2.06 bits per heavy atom. The number of hydrogen-bond donors (Lipinski definition) is 4. The number of aromatic nitrogens is 1. The molecule has 0 spiro atoms. The quantitative estimate of drug-likeness (QED) is 0.505. The summed E-state index contributed by atoms with van der Waals surface area (Å²) in [6.45, 7) is 2.33. The van der Waals surface area contributed by atoms with Gasteiger partial charge in [-0.15, -0.1) is 0 Å². The van der Waals surface area contributed by atoms with E-state index in [2.05, 4.69) is 15.6 Å². The summed E-state index contributed by atoms with van der Waals surface area (Å²) in [5.41, 5.74) is 11.3. The third kappa shape index (κ3) is 3.98. The van der Waals surface area contributed by atoms with Crippen LogP contribution in [0, 0.1) is 0 Å². The van der Waals surface area contributed by atoms with Crippen molar-refractivity contribution in [2.24, 2.45) is 5.73 Å². The van der Waals surface area contributed by atoms with Gasteiger partial charge in [0.05, 0.1) is 5.69 Å². The normalized spacial score (nSPS) is 9.71. The van der Waals surface area contributed by atoms with Gasteiger partial charge in [0.1, 0.15) is 11.5 Å². The Hall–Kier alpha value is -2.31. The van der Waals surface area contributed by atoms with Gasteiger partial charge < -0.3 is 22.1 Å². The summed E-state index contributed by atoms with van der Waals surface area (Å²) in [5, 5.41) is 5.52. The maximum atomic E-state index is 10.9. The number of primary amides is 1. The molecular weight excluding hydrogens is 222 g/mol. The lowest BCUT2D eigenvalue weighted by Crippen LogP contribution is -2.26. The zero-order valence-electron chi connectivity index (χ0n) is 9.49. The molecule has 2 amide bonds. The monoisotopic (exact) mass is 237 g/mol. The average Bonchev–Trinajstić information content (AvgIpc) is 2.25. The van der Waals surface area contributed by atoms with E-state index in [1.165, 1.54) is 13.0 Å². The van der Waals surface area contributed by atoms with Gasteiger partial charge in [0.25, 0.3) is 5.91 Å². The molecule has 7 heteroatoms. The molecule has 7 nitrogen and oxygen atoms in total. The summed E-state index contributed by atoms with van der Waals surface area (Å²) in [5.74, 6) is -0.347. The molecule has 0 atom stereocenters. The van der Waals surface area contributed by atoms with Gasteiger partial charge in [0.15, 0.2) is 0 Å². The Bertz CT molecular complexity index is 433. The lowest BCUT2D eigenvalue weighted by atomic mass is 10.3. The first-order valence-electron chi connectivity index (χ1n) is 5.05. The number of pyridine rings is 1. The van der Waals surface area contributed by atoms with E-state index >= 15 is 0 Å². The molecule has 0 aromatic carbocycles. The molecule has 0 aliphatic heterocycles. The van der Waals surface area contributed by atoms with E-state index in [1.807, 2.05) is 0 Å². The van der Waals surface area contributed by atoms with Crippen LogP contribution in [0.25, 0.3) is 0 Å². The number of nitrogens with two attached hydrogens (primary N) is 2. The van der Waals surface area contributed by atoms with Crippen molar-refractivity contribution in [1.29, 1.82) is 0 Å². The summed E-state index contributed by atoms with van der Waals surface area (Å²) in [6.07, 6.45) is 0. The number of carbonyl (C=O) groups excluding carboxylic acids is 2. The van der Waals surface area contributed by atoms with Gasteiger partial charge in [-0.2, -0.15) is 0 Å². The lowest BCUT2D eigenvalue weighted by molar-refractivity contribution is -0.118. The van der Waals surface area contributed by atoms with Gasteiger partial charge in [0, 0.05) is 20.0 Å². The number of amides is 2. The van der Waals surface area contributed by atoms with Crippen molar-refractivity contribution >= 4 is 23.3 Å². The Labute approximate surface area is 98.6 Å². The standard InChI is InChI=1S/C10H15N5O2/c1-6(16)13-4-5-14-10-7(11)2-3-8(15-10)9(12)17/h2-3H,4-5,11H2,1H3,(H2,12,17)(H,13,16)(H,14,15).